The number of carbonyl (C=O) groups is 1. The van der Waals surface area contributed by atoms with Crippen molar-refractivity contribution in [2.45, 2.75) is 19.8 Å². The van der Waals surface area contributed by atoms with E-state index in [1.165, 1.54) is 17.7 Å². The summed E-state index contributed by atoms with van der Waals surface area (Å²) in [6.45, 7) is 4.32. The van der Waals surface area contributed by atoms with Gasteiger partial charge in [0.1, 0.15) is 0 Å². The summed E-state index contributed by atoms with van der Waals surface area (Å²) in [4.78, 5) is 12.9. The minimum atomic E-state index is -0.652. The summed E-state index contributed by atoms with van der Waals surface area (Å²) in [5.41, 5.74) is 10.7. The van der Waals surface area contributed by atoms with Crippen molar-refractivity contribution >= 4 is 17.9 Å². The molecule has 1 aliphatic rings. The van der Waals surface area contributed by atoms with Gasteiger partial charge in [0.2, 0.25) is 0 Å². The highest BCUT2D eigenvalue weighted by molar-refractivity contribution is 5.82. The lowest BCUT2D eigenvalue weighted by Gasteiger charge is -2.30. The van der Waals surface area contributed by atoms with Crippen LogP contribution in [-0.4, -0.2) is 25.3 Å². The third-order valence-corrected chi connectivity index (χ3v) is 3.09. The number of urea groups is 1. The Morgan fingerprint density at radius 2 is 2.44 bits per heavy atom. The maximum Gasteiger partial charge on any atom is 0.332 e. The average molecular weight is 246 g/mol. The van der Waals surface area contributed by atoms with E-state index in [4.69, 9.17) is 5.73 Å². The van der Waals surface area contributed by atoms with Gasteiger partial charge < -0.3 is 10.6 Å². The molecule has 0 unspecified atom stereocenters. The van der Waals surface area contributed by atoms with E-state index in [1.807, 2.05) is 6.07 Å². The first-order valence-electron chi connectivity index (χ1n) is 6.17. The molecule has 0 aliphatic carbocycles. The normalized spacial score (nSPS) is 14.6. The number of benzene rings is 1. The second-order valence-corrected chi connectivity index (χ2v) is 4.31. The van der Waals surface area contributed by atoms with Crippen LogP contribution in [0.2, 0.25) is 0 Å². The maximum atomic E-state index is 10.5. The second-order valence-electron chi connectivity index (χ2n) is 4.31. The van der Waals surface area contributed by atoms with Crippen molar-refractivity contribution in [2.75, 3.05) is 18.0 Å². The number of hydrogen-bond acceptors (Lipinski definition) is 3. The van der Waals surface area contributed by atoms with E-state index >= 15 is 0 Å². The monoisotopic (exact) mass is 246 g/mol. The zero-order valence-corrected chi connectivity index (χ0v) is 10.5. The lowest BCUT2D eigenvalue weighted by atomic mass is 9.99. The average Bonchev–Trinajstić information content (AvgIpc) is 2.37. The lowest BCUT2D eigenvalue weighted by molar-refractivity contribution is 0.249. The summed E-state index contributed by atoms with van der Waals surface area (Å²) in [5, 5.41) is 3.77. The van der Waals surface area contributed by atoms with Crippen LogP contribution in [0.15, 0.2) is 23.3 Å². The number of rotatable bonds is 3. The first-order chi connectivity index (χ1) is 8.70. The number of hydrazone groups is 1. The Labute approximate surface area is 107 Å². The molecule has 1 aromatic carbocycles. The van der Waals surface area contributed by atoms with E-state index in [0.29, 0.717) is 0 Å². The molecule has 96 valence electrons. The molecule has 3 N–H and O–H groups in total. The Hall–Kier alpha value is -2.04. The van der Waals surface area contributed by atoms with Gasteiger partial charge in [-0.2, -0.15) is 5.10 Å². The molecule has 0 radical (unpaired) electrons. The molecule has 1 heterocycles. The molecule has 0 saturated heterocycles. The predicted octanol–water partition coefficient (Wildman–Crippen LogP) is 1.46. The van der Waals surface area contributed by atoms with Crippen molar-refractivity contribution in [2.24, 2.45) is 10.8 Å². The highest BCUT2D eigenvalue weighted by atomic mass is 16.2. The van der Waals surface area contributed by atoms with Crippen molar-refractivity contribution < 1.29 is 4.79 Å². The highest BCUT2D eigenvalue weighted by Crippen LogP contribution is 2.27. The van der Waals surface area contributed by atoms with Gasteiger partial charge in [-0.25, -0.2) is 10.2 Å². The molecule has 0 atom stereocenters. The number of primary amides is 1. The van der Waals surface area contributed by atoms with Gasteiger partial charge in [0.15, 0.2) is 0 Å². The fourth-order valence-electron chi connectivity index (χ4n) is 2.27. The SMILES string of the molecule is CCN1CCCc2cc(C=NNC(N)=O)ccc21. The fraction of sp³-hybridized carbons (Fsp3) is 0.385. The standard InChI is InChI=1S/C13H18N4O/c1-2-17-7-3-4-11-8-10(5-6-12(11)17)9-15-16-13(14)18/h5-6,8-9H,2-4,7H2,1H3,(H3,14,16,18). The van der Waals surface area contributed by atoms with Gasteiger partial charge in [-0.3, -0.25) is 0 Å². The van der Waals surface area contributed by atoms with Crippen molar-refractivity contribution in [3.63, 3.8) is 0 Å². The minimum Gasteiger partial charge on any atom is -0.372 e. The van der Waals surface area contributed by atoms with Gasteiger partial charge in [0, 0.05) is 18.8 Å². The predicted molar refractivity (Wildman–Crippen MR) is 73.0 cm³/mol. The van der Waals surface area contributed by atoms with E-state index in [1.54, 1.807) is 6.21 Å². The minimum absolute atomic E-state index is 0.652. The number of hydrogen-bond donors (Lipinski definition) is 2. The molecule has 5 heteroatoms. The molecule has 2 rings (SSSR count). The molecule has 0 aromatic heterocycles. The summed E-state index contributed by atoms with van der Waals surface area (Å²) in [6, 6.07) is 5.58. The first-order valence-corrected chi connectivity index (χ1v) is 6.17. The third kappa shape index (κ3) is 2.80. The van der Waals surface area contributed by atoms with Crippen molar-refractivity contribution in [3.8, 4) is 0 Å². The Balaban J connectivity index is 2.16. The van der Waals surface area contributed by atoms with E-state index in [0.717, 1.165) is 25.1 Å². The maximum absolute atomic E-state index is 10.5. The number of nitrogens with two attached hydrogens (primary N) is 1. The summed E-state index contributed by atoms with van der Waals surface area (Å²) < 4.78 is 0. The van der Waals surface area contributed by atoms with Gasteiger partial charge in [0.25, 0.3) is 0 Å². The second kappa shape index (κ2) is 5.53. The van der Waals surface area contributed by atoms with Crippen molar-refractivity contribution in [1.82, 2.24) is 5.43 Å². The van der Waals surface area contributed by atoms with Crippen LogP contribution in [0.1, 0.15) is 24.5 Å². The lowest BCUT2D eigenvalue weighted by Crippen LogP contribution is -2.28. The van der Waals surface area contributed by atoms with E-state index in [-0.39, 0.29) is 0 Å². The van der Waals surface area contributed by atoms with Crippen LogP contribution in [0.4, 0.5) is 10.5 Å². The van der Waals surface area contributed by atoms with Gasteiger partial charge in [0.05, 0.1) is 6.21 Å². The smallest absolute Gasteiger partial charge is 0.332 e. The van der Waals surface area contributed by atoms with E-state index < -0.39 is 6.03 Å². The van der Waals surface area contributed by atoms with Gasteiger partial charge in [-0.05, 0) is 43.0 Å². The van der Waals surface area contributed by atoms with Crippen LogP contribution < -0.4 is 16.1 Å². The number of aryl methyl sites for hydroxylation is 1. The summed E-state index contributed by atoms with van der Waals surface area (Å²) in [6.07, 6.45) is 3.88. The van der Waals surface area contributed by atoms with Gasteiger partial charge in [-0.1, -0.05) is 6.07 Å². The Bertz CT molecular complexity index is 470. The van der Waals surface area contributed by atoms with E-state index in [9.17, 15) is 4.79 Å². The quantitative estimate of drug-likeness (QED) is 0.626. The summed E-state index contributed by atoms with van der Waals surface area (Å²) in [5.74, 6) is 0. The van der Waals surface area contributed by atoms with Gasteiger partial charge in [-0.15, -0.1) is 0 Å². The number of anilines is 1. The summed E-state index contributed by atoms with van der Waals surface area (Å²) >= 11 is 0. The zero-order chi connectivity index (χ0) is 13.0. The van der Waals surface area contributed by atoms with Crippen LogP contribution in [-0.2, 0) is 6.42 Å². The molecule has 0 saturated carbocycles. The highest BCUT2D eigenvalue weighted by Gasteiger charge is 2.14. The fourth-order valence-corrected chi connectivity index (χ4v) is 2.27. The van der Waals surface area contributed by atoms with E-state index in [2.05, 4.69) is 34.5 Å². The van der Waals surface area contributed by atoms with Crippen LogP contribution in [0, 0.1) is 0 Å². The summed E-state index contributed by atoms with van der Waals surface area (Å²) in [7, 11) is 0. The molecular weight excluding hydrogens is 228 g/mol. The first kappa shape index (κ1) is 12.4. The molecule has 2 amide bonds. The molecule has 0 bridgehead atoms. The Morgan fingerprint density at radius 1 is 1.61 bits per heavy atom. The molecule has 0 spiro atoms. The topological polar surface area (TPSA) is 70.7 Å². The van der Waals surface area contributed by atoms with Crippen LogP contribution in [0.5, 0.6) is 0 Å². The Morgan fingerprint density at radius 3 is 3.17 bits per heavy atom. The molecule has 1 aromatic rings. The number of nitrogens with one attached hydrogen (secondary N) is 1. The molecular formula is C13H18N4O. The third-order valence-electron chi connectivity index (χ3n) is 3.09. The number of carbonyl (C=O) groups excluding carboxylic acids is 1. The van der Waals surface area contributed by atoms with Crippen LogP contribution in [0.25, 0.3) is 0 Å². The number of fused-ring (bicyclic) bond motifs is 1. The molecule has 5 nitrogen and oxygen atoms in total. The van der Waals surface area contributed by atoms with Crippen LogP contribution >= 0.6 is 0 Å². The number of amides is 2. The molecule has 18 heavy (non-hydrogen) atoms. The number of nitrogens with zero attached hydrogens (tertiary/aromatic N) is 2. The Kier molecular flexibility index (Phi) is 3.82. The molecule has 0 fully saturated rings. The zero-order valence-electron chi connectivity index (χ0n) is 10.5. The van der Waals surface area contributed by atoms with Crippen molar-refractivity contribution in [3.05, 3.63) is 29.3 Å². The van der Waals surface area contributed by atoms with Gasteiger partial charge >= 0.3 is 6.03 Å². The largest absolute Gasteiger partial charge is 0.372 e. The van der Waals surface area contributed by atoms with Crippen LogP contribution in [0.3, 0.4) is 0 Å². The molecule has 1 aliphatic heterocycles. The van der Waals surface area contributed by atoms with Crippen molar-refractivity contribution in [1.29, 1.82) is 0 Å².